The highest BCUT2D eigenvalue weighted by Crippen LogP contribution is 2.23. The summed E-state index contributed by atoms with van der Waals surface area (Å²) in [5.41, 5.74) is 0.0164. The van der Waals surface area contributed by atoms with Gasteiger partial charge in [-0.3, -0.25) is 14.4 Å². The summed E-state index contributed by atoms with van der Waals surface area (Å²) in [4.78, 5) is 39.5. The molecule has 160 valence electrons. The minimum Gasteiger partial charge on any atom is -0.490 e. The van der Waals surface area contributed by atoms with E-state index in [0.717, 1.165) is 12.8 Å². The number of likely N-dealkylation sites (tertiary alicyclic amines) is 1. The van der Waals surface area contributed by atoms with Crippen LogP contribution in [0, 0.1) is 5.92 Å². The van der Waals surface area contributed by atoms with Gasteiger partial charge in [0.05, 0.1) is 17.5 Å². The summed E-state index contributed by atoms with van der Waals surface area (Å²) in [6.45, 7) is 3.75. The number of carbonyl (C=O) groups excluding carboxylic acids is 2. The molecule has 0 radical (unpaired) electrons. The Hall–Kier alpha value is -2.80. The number of amides is 2. The van der Waals surface area contributed by atoms with Crippen LogP contribution < -0.4 is 15.6 Å². The third-order valence-electron chi connectivity index (χ3n) is 5.11. The number of aromatic nitrogens is 1. The van der Waals surface area contributed by atoms with Gasteiger partial charge in [0.15, 0.2) is 0 Å². The van der Waals surface area contributed by atoms with Crippen molar-refractivity contribution >= 4 is 23.4 Å². The highest BCUT2D eigenvalue weighted by Gasteiger charge is 2.29. The lowest BCUT2D eigenvalue weighted by Crippen LogP contribution is -2.46. The first-order chi connectivity index (χ1) is 14.5. The Balaban J connectivity index is 1.72. The number of halogens is 1. The fourth-order valence-electron chi connectivity index (χ4n) is 3.60. The molecule has 1 N–H and O–H groups in total. The molecule has 7 nitrogen and oxygen atoms in total. The summed E-state index contributed by atoms with van der Waals surface area (Å²) in [6.07, 6.45) is 1.50. The molecule has 1 unspecified atom stereocenters. The van der Waals surface area contributed by atoms with E-state index >= 15 is 0 Å². The fraction of sp³-hybridized carbons (Fsp3) is 0.409. The first kappa shape index (κ1) is 21.9. The van der Waals surface area contributed by atoms with Crippen molar-refractivity contribution in [1.29, 1.82) is 0 Å². The van der Waals surface area contributed by atoms with Crippen LogP contribution in [-0.4, -0.2) is 47.5 Å². The zero-order valence-corrected chi connectivity index (χ0v) is 17.7. The molecular formula is C22H26ClN3O4. The zero-order chi connectivity index (χ0) is 21.5. The average Bonchev–Trinajstić information content (AvgIpc) is 2.76. The van der Waals surface area contributed by atoms with Gasteiger partial charge in [-0.15, -0.1) is 0 Å². The van der Waals surface area contributed by atoms with E-state index in [1.54, 1.807) is 35.2 Å². The number of hydrogen-bond donors (Lipinski definition) is 1. The van der Waals surface area contributed by atoms with E-state index in [1.165, 1.54) is 10.6 Å². The molecule has 0 aliphatic carbocycles. The highest BCUT2D eigenvalue weighted by atomic mass is 35.5. The van der Waals surface area contributed by atoms with Gasteiger partial charge in [-0.2, -0.15) is 0 Å². The average molecular weight is 432 g/mol. The van der Waals surface area contributed by atoms with Crippen molar-refractivity contribution in [3.05, 3.63) is 63.5 Å². The molecule has 2 aromatic rings. The van der Waals surface area contributed by atoms with Crippen LogP contribution in [-0.2, 0) is 11.3 Å². The van der Waals surface area contributed by atoms with E-state index in [2.05, 4.69) is 5.32 Å². The van der Waals surface area contributed by atoms with Crippen LogP contribution in [0.5, 0.6) is 5.75 Å². The second-order valence-electron chi connectivity index (χ2n) is 7.16. The number of ether oxygens (including phenoxy) is 1. The van der Waals surface area contributed by atoms with E-state index in [1.807, 2.05) is 13.0 Å². The van der Waals surface area contributed by atoms with Crippen molar-refractivity contribution in [3.63, 3.8) is 0 Å². The van der Waals surface area contributed by atoms with Crippen LogP contribution in [0.3, 0.4) is 0 Å². The monoisotopic (exact) mass is 431 g/mol. The van der Waals surface area contributed by atoms with E-state index in [9.17, 15) is 14.4 Å². The van der Waals surface area contributed by atoms with Crippen molar-refractivity contribution in [3.8, 4) is 5.75 Å². The zero-order valence-electron chi connectivity index (χ0n) is 17.0. The Labute approximate surface area is 180 Å². The molecule has 2 heterocycles. The largest absolute Gasteiger partial charge is 0.490 e. The fourth-order valence-corrected chi connectivity index (χ4v) is 3.79. The molecule has 1 aliphatic rings. The number of nitrogens with zero attached hydrogens (tertiary/aromatic N) is 2. The maximum Gasteiger partial charge on any atom is 0.270 e. The molecule has 3 rings (SSSR count). The topological polar surface area (TPSA) is 80.6 Å². The first-order valence-corrected chi connectivity index (χ1v) is 10.5. The molecule has 1 atom stereocenters. The Kier molecular flexibility index (Phi) is 7.52. The van der Waals surface area contributed by atoms with Crippen LogP contribution >= 0.6 is 11.6 Å². The van der Waals surface area contributed by atoms with Gasteiger partial charge in [0.1, 0.15) is 18.1 Å². The molecule has 0 saturated carbocycles. The molecule has 1 aromatic carbocycles. The molecule has 0 spiro atoms. The smallest absolute Gasteiger partial charge is 0.270 e. The lowest BCUT2D eigenvalue weighted by molar-refractivity contribution is -0.126. The quantitative estimate of drug-likeness (QED) is 0.730. The van der Waals surface area contributed by atoms with Gasteiger partial charge in [0.2, 0.25) is 5.91 Å². The Morgan fingerprint density at radius 2 is 2.00 bits per heavy atom. The van der Waals surface area contributed by atoms with Crippen LogP contribution in [0.25, 0.3) is 0 Å². The summed E-state index contributed by atoms with van der Waals surface area (Å²) in [7, 11) is 0. The number of piperidine rings is 1. The Morgan fingerprint density at radius 3 is 2.77 bits per heavy atom. The number of carbonyl (C=O) groups is 2. The van der Waals surface area contributed by atoms with E-state index < -0.39 is 0 Å². The minimum absolute atomic E-state index is 0.0337. The third-order valence-corrected chi connectivity index (χ3v) is 5.42. The van der Waals surface area contributed by atoms with Gasteiger partial charge in [-0.05, 0) is 38.0 Å². The van der Waals surface area contributed by atoms with Crippen molar-refractivity contribution < 1.29 is 14.3 Å². The molecule has 2 amide bonds. The number of rotatable bonds is 7. The van der Waals surface area contributed by atoms with Gasteiger partial charge < -0.3 is 19.5 Å². The molecule has 1 saturated heterocycles. The molecule has 1 aromatic heterocycles. The maximum atomic E-state index is 13.2. The van der Waals surface area contributed by atoms with Gasteiger partial charge in [-0.1, -0.05) is 29.8 Å². The molecule has 30 heavy (non-hydrogen) atoms. The molecule has 0 bridgehead atoms. The number of para-hydroxylation sites is 1. The summed E-state index contributed by atoms with van der Waals surface area (Å²) in [5.74, 6) is 0.0138. The number of benzene rings is 1. The third kappa shape index (κ3) is 5.21. The molecule has 8 heteroatoms. The van der Waals surface area contributed by atoms with Crippen LogP contribution in [0.15, 0.2) is 47.3 Å². The minimum atomic E-state index is -0.277. The van der Waals surface area contributed by atoms with Crippen molar-refractivity contribution in [2.24, 2.45) is 5.92 Å². The van der Waals surface area contributed by atoms with Gasteiger partial charge in [0, 0.05) is 25.7 Å². The molecular weight excluding hydrogens is 406 g/mol. The standard InChI is InChI=1S/C22H26ClN3O4/c1-2-24-21(28)16-7-6-12-25(15-16)22(29)18-9-5-11-20(27)26(18)13-14-30-19-10-4-3-8-17(19)23/h3-5,8-11,16H,2,6-7,12-15H2,1H3,(H,24,28). The van der Waals surface area contributed by atoms with E-state index in [-0.39, 0.29) is 36.4 Å². The SMILES string of the molecule is CCNC(=O)C1CCCN(C(=O)c2cccc(=O)n2CCOc2ccccc2Cl)C1. The van der Waals surface area contributed by atoms with E-state index in [4.69, 9.17) is 16.3 Å². The van der Waals surface area contributed by atoms with E-state index in [0.29, 0.717) is 36.1 Å². The lowest BCUT2D eigenvalue weighted by Gasteiger charge is -2.32. The molecule has 1 aliphatic heterocycles. The van der Waals surface area contributed by atoms with Gasteiger partial charge in [0.25, 0.3) is 11.5 Å². The summed E-state index contributed by atoms with van der Waals surface area (Å²) < 4.78 is 7.09. The summed E-state index contributed by atoms with van der Waals surface area (Å²) >= 11 is 6.10. The van der Waals surface area contributed by atoms with Crippen LogP contribution in [0.2, 0.25) is 5.02 Å². The van der Waals surface area contributed by atoms with Crippen molar-refractivity contribution in [2.45, 2.75) is 26.3 Å². The predicted octanol–water partition coefficient (Wildman–Crippen LogP) is 2.57. The number of nitrogens with one attached hydrogen (secondary N) is 1. The lowest BCUT2D eigenvalue weighted by atomic mass is 9.97. The van der Waals surface area contributed by atoms with Crippen LogP contribution in [0.4, 0.5) is 0 Å². The normalized spacial score (nSPS) is 16.2. The Bertz CT molecular complexity index is 959. The van der Waals surface area contributed by atoms with Crippen molar-refractivity contribution in [2.75, 3.05) is 26.2 Å². The van der Waals surface area contributed by atoms with Gasteiger partial charge >= 0.3 is 0 Å². The second-order valence-corrected chi connectivity index (χ2v) is 7.57. The summed E-state index contributed by atoms with van der Waals surface area (Å²) in [6, 6.07) is 11.7. The number of pyridine rings is 1. The second kappa shape index (κ2) is 10.3. The van der Waals surface area contributed by atoms with Crippen LogP contribution in [0.1, 0.15) is 30.3 Å². The predicted molar refractivity (Wildman–Crippen MR) is 115 cm³/mol. The number of hydrogen-bond acceptors (Lipinski definition) is 4. The Morgan fingerprint density at radius 1 is 1.20 bits per heavy atom. The maximum absolute atomic E-state index is 13.2. The first-order valence-electron chi connectivity index (χ1n) is 10.2. The summed E-state index contributed by atoms with van der Waals surface area (Å²) in [5, 5.41) is 3.31. The van der Waals surface area contributed by atoms with Gasteiger partial charge in [-0.25, -0.2) is 0 Å². The highest BCUT2D eigenvalue weighted by molar-refractivity contribution is 6.32. The van der Waals surface area contributed by atoms with Crippen molar-refractivity contribution in [1.82, 2.24) is 14.8 Å². The molecule has 1 fully saturated rings.